The number of thioether (sulfide) groups is 1. The van der Waals surface area contributed by atoms with Crippen molar-refractivity contribution in [1.29, 1.82) is 0 Å². The van der Waals surface area contributed by atoms with Crippen LogP contribution >= 0.6 is 23.4 Å². The summed E-state index contributed by atoms with van der Waals surface area (Å²) in [5, 5.41) is 10.2. The van der Waals surface area contributed by atoms with Crippen LogP contribution < -0.4 is 15.4 Å². The van der Waals surface area contributed by atoms with Gasteiger partial charge in [0.05, 0.1) is 22.6 Å². The summed E-state index contributed by atoms with van der Waals surface area (Å²) < 4.78 is 40.6. The minimum Gasteiger partial charge on any atom is -0.406 e. The van der Waals surface area contributed by atoms with Gasteiger partial charge < -0.3 is 15.4 Å². The van der Waals surface area contributed by atoms with Gasteiger partial charge in [-0.15, -0.1) is 18.3 Å². The smallest absolute Gasteiger partial charge is 0.406 e. The molecule has 1 aliphatic heterocycles. The van der Waals surface area contributed by atoms with Crippen LogP contribution in [0.1, 0.15) is 23.1 Å². The lowest BCUT2D eigenvalue weighted by molar-refractivity contribution is -0.274. The molecule has 0 unspecified atom stereocenters. The number of anilines is 1. The fourth-order valence-corrected chi connectivity index (χ4v) is 4.89. The molecule has 39 heavy (non-hydrogen) atoms. The molecule has 0 amide bonds. The van der Waals surface area contributed by atoms with Crippen molar-refractivity contribution < 1.29 is 17.9 Å². The molecule has 7 nitrogen and oxygen atoms in total. The molecule has 0 aliphatic carbocycles. The van der Waals surface area contributed by atoms with E-state index in [9.17, 15) is 13.2 Å². The van der Waals surface area contributed by atoms with Crippen LogP contribution in [0.3, 0.4) is 0 Å². The Labute approximate surface area is 233 Å². The van der Waals surface area contributed by atoms with E-state index in [-0.39, 0.29) is 11.6 Å². The summed E-state index contributed by atoms with van der Waals surface area (Å²) in [6, 6.07) is 18.2. The van der Waals surface area contributed by atoms with Crippen molar-refractivity contribution in [3.05, 3.63) is 88.4 Å². The van der Waals surface area contributed by atoms with Gasteiger partial charge in [-0.05, 0) is 54.8 Å². The number of ether oxygens (including phenoxy) is 1. The van der Waals surface area contributed by atoms with Crippen LogP contribution in [0.25, 0.3) is 0 Å². The lowest BCUT2D eigenvalue weighted by atomic mass is 10.1. The van der Waals surface area contributed by atoms with Gasteiger partial charge in [0.2, 0.25) is 0 Å². The average molecular weight is 573 g/mol. The van der Waals surface area contributed by atoms with Crippen molar-refractivity contribution in [3.8, 4) is 5.75 Å². The van der Waals surface area contributed by atoms with E-state index >= 15 is 0 Å². The molecule has 4 rings (SSSR count). The molecule has 1 aliphatic rings. The molecule has 202 valence electrons. The van der Waals surface area contributed by atoms with E-state index in [2.05, 4.69) is 29.8 Å². The van der Waals surface area contributed by atoms with Gasteiger partial charge in [-0.2, -0.15) is 5.10 Å². The highest BCUT2D eigenvalue weighted by Crippen LogP contribution is 2.34. The molecule has 1 fully saturated rings. The topological polar surface area (TPSA) is 87.9 Å². The Morgan fingerprint density at radius 2 is 1.82 bits per heavy atom. The molecule has 1 saturated heterocycles. The van der Waals surface area contributed by atoms with E-state index in [0.29, 0.717) is 16.3 Å². The zero-order chi connectivity index (χ0) is 27.8. The second-order valence-electron chi connectivity index (χ2n) is 8.31. The highest BCUT2D eigenvalue weighted by Gasteiger charge is 2.31. The van der Waals surface area contributed by atoms with E-state index in [1.165, 1.54) is 30.6 Å². The number of aryl methyl sites for hydroxylation is 1. The summed E-state index contributed by atoms with van der Waals surface area (Å²) in [6.07, 6.45) is -0.833. The predicted molar refractivity (Wildman–Crippen MR) is 154 cm³/mol. The average Bonchev–Trinajstić information content (AvgIpc) is 2.90. The van der Waals surface area contributed by atoms with Gasteiger partial charge in [0, 0.05) is 17.9 Å². The van der Waals surface area contributed by atoms with Crippen molar-refractivity contribution in [3.63, 3.8) is 0 Å². The van der Waals surface area contributed by atoms with Crippen molar-refractivity contribution in [2.45, 2.75) is 19.7 Å². The lowest BCUT2D eigenvalue weighted by Crippen LogP contribution is -2.34. The van der Waals surface area contributed by atoms with Gasteiger partial charge in [0.15, 0.2) is 5.17 Å². The molecular formula is C27H24ClF3N6OS. The van der Waals surface area contributed by atoms with Gasteiger partial charge in [0.25, 0.3) is 0 Å². The lowest BCUT2D eigenvalue weighted by Gasteiger charge is -2.30. The van der Waals surface area contributed by atoms with Crippen molar-refractivity contribution in [1.82, 2.24) is 0 Å². The van der Waals surface area contributed by atoms with Crippen LogP contribution in [0, 0.1) is 6.92 Å². The van der Waals surface area contributed by atoms with Crippen LogP contribution in [0.4, 0.5) is 24.5 Å². The fourth-order valence-electron chi connectivity index (χ4n) is 3.67. The Morgan fingerprint density at radius 3 is 2.51 bits per heavy atom. The number of para-hydroxylation sites is 1. The Bertz CT molecular complexity index is 1390. The third-order valence-corrected chi connectivity index (χ3v) is 6.84. The van der Waals surface area contributed by atoms with Gasteiger partial charge >= 0.3 is 6.36 Å². The molecule has 0 spiro atoms. The maximum absolute atomic E-state index is 12.3. The largest absolute Gasteiger partial charge is 0.573 e. The van der Waals surface area contributed by atoms with Crippen LogP contribution in [-0.4, -0.2) is 42.2 Å². The monoisotopic (exact) mass is 572 g/mol. The number of aliphatic imine (C=N–C) groups is 2. The number of amidine groups is 2. The first kappa shape index (κ1) is 28.2. The SMILES string of the molecule is Cc1cccc(Cl)c1N1CCCS/C1=N\N=C\c1ccc(C(N)=NC=Nc2ccc(OC(F)(F)F)cc2)cc1. The van der Waals surface area contributed by atoms with Crippen LogP contribution in [-0.2, 0) is 0 Å². The summed E-state index contributed by atoms with van der Waals surface area (Å²) in [5.41, 5.74) is 9.96. The van der Waals surface area contributed by atoms with E-state index < -0.39 is 6.36 Å². The molecule has 0 atom stereocenters. The third-order valence-electron chi connectivity index (χ3n) is 5.48. The Morgan fingerprint density at radius 1 is 1.08 bits per heavy atom. The number of nitrogens with two attached hydrogens (primary N) is 1. The highest BCUT2D eigenvalue weighted by molar-refractivity contribution is 8.14. The van der Waals surface area contributed by atoms with Crippen molar-refractivity contribution in [2.24, 2.45) is 25.9 Å². The molecule has 2 N–H and O–H groups in total. The molecule has 3 aromatic carbocycles. The zero-order valence-corrected chi connectivity index (χ0v) is 22.3. The minimum atomic E-state index is -4.75. The third kappa shape index (κ3) is 8.08. The molecular weight excluding hydrogens is 549 g/mol. The second-order valence-corrected chi connectivity index (χ2v) is 9.78. The molecule has 3 aromatic rings. The molecule has 0 saturated carbocycles. The van der Waals surface area contributed by atoms with E-state index in [1.54, 1.807) is 30.1 Å². The van der Waals surface area contributed by atoms with Crippen LogP contribution in [0.15, 0.2) is 86.9 Å². The minimum absolute atomic E-state index is 0.226. The molecule has 12 heteroatoms. The quantitative estimate of drug-likeness (QED) is 0.189. The first-order valence-corrected chi connectivity index (χ1v) is 13.1. The maximum Gasteiger partial charge on any atom is 0.573 e. The van der Waals surface area contributed by atoms with Crippen molar-refractivity contribution in [2.75, 3.05) is 17.2 Å². The van der Waals surface area contributed by atoms with E-state index in [1.807, 2.05) is 37.3 Å². The Kier molecular flexibility index (Phi) is 9.26. The number of rotatable bonds is 7. The van der Waals surface area contributed by atoms with E-state index in [4.69, 9.17) is 17.3 Å². The number of hydrogen-bond donors (Lipinski definition) is 1. The normalized spacial score (nSPS) is 16.0. The van der Waals surface area contributed by atoms with Gasteiger partial charge in [0.1, 0.15) is 17.9 Å². The summed E-state index contributed by atoms with van der Waals surface area (Å²) in [4.78, 5) is 10.3. The number of hydrogen-bond acceptors (Lipinski definition) is 5. The maximum atomic E-state index is 12.3. The molecule has 0 aromatic heterocycles. The second kappa shape index (κ2) is 12.8. The van der Waals surface area contributed by atoms with Crippen LogP contribution in [0.5, 0.6) is 5.75 Å². The first-order chi connectivity index (χ1) is 18.7. The van der Waals surface area contributed by atoms with Gasteiger partial charge in [-0.3, -0.25) is 0 Å². The Hall–Kier alpha value is -3.83. The van der Waals surface area contributed by atoms with Gasteiger partial charge in [-0.25, -0.2) is 9.98 Å². The fraction of sp³-hybridized carbons (Fsp3) is 0.185. The molecule has 0 bridgehead atoms. The molecule has 1 heterocycles. The first-order valence-electron chi connectivity index (χ1n) is 11.8. The number of nitrogens with zero attached hydrogens (tertiary/aromatic N) is 5. The number of halogens is 4. The Balaban J connectivity index is 1.38. The number of alkyl halides is 3. The van der Waals surface area contributed by atoms with Gasteiger partial charge in [-0.1, -0.05) is 59.8 Å². The van der Waals surface area contributed by atoms with Crippen molar-refractivity contribution >= 4 is 58.3 Å². The van der Waals surface area contributed by atoms with E-state index in [0.717, 1.165) is 40.7 Å². The number of benzene rings is 3. The summed E-state index contributed by atoms with van der Waals surface area (Å²) >= 11 is 8.12. The standard InChI is InChI=1S/C27H24ClF3N6OS/c1-18-4-2-5-23(28)24(18)37-14-3-15-39-26(37)36-35-16-19-6-8-20(9-7-19)25(32)34-17-33-21-10-12-22(13-11-21)38-27(29,30)31/h2,4-13,16-17H,3,14-15H2,1H3,(H2,32,33,34)/b35-16+,36-26-. The highest BCUT2D eigenvalue weighted by atomic mass is 35.5. The zero-order valence-electron chi connectivity index (χ0n) is 20.8. The summed E-state index contributed by atoms with van der Waals surface area (Å²) in [5.74, 6) is 0.858. The summed E-state index contributed by atoms with van der Waals surface area (Å²) in [6.45, 7) is 2.85. The molecule has 0 radical (unpaired) electrons. The van der Waals surface area contributed by atoms with Crippen LogP contribution in [0.2, 0.25) is 5.02 Å². The summed E-state index contributed by atoms with van der Waals surface area (Å²) in [7, 11) is 0. The predicted octanol–water partition coefficient (Wildman–Crippen LogP) is 6.95.